The van der Waals surface area contributed by atoms with Crippen molar-refractivity contribution in [2.24, 2.45) is 0 Å². The Bertz CT molecular complexity index is 42.2. The lowest BCUT2D eigenvalue weighted by atomic mass is 10.2. The normalized spacial score (nSPS) is 10.0. The summed E-state index contributed by atoms with van der Waals surface area (Å²) in [6.07, 6.45) is 6.25. The Balaban J connectivity index is 2.60. The number of nitrogens with one attached hydrogen (secondary N) is 1. The van der Waals surface area contributed by atoms with E-state index in [0.29, 0.717) is 0 Å². The Morgan fingerprint density at radius 3 is 2.56 bits per heavy atom. The number of hydrogen-bond donors (Lipinski definition) is 1. The van der Waals surface area contributed by atoms with Gasteiger partial charge in [0.15, 0.2) is 0 Å². The third kappa shape index (κ3) is 8.31. The molecule has 0 rings (SSSR count). The monoisotopic (exact) mass is 147 g/mol. The quantitative estimate of drug-likeness (QED) is 0.574. The maximum Gasteiger partial charge on any atom is -0.00519 e. The van der Waals surface area contributed by atoms with E-state index in [1.54, 1.807) is 0 Å². The lowest BCUT2D eigenvalue weighted by molar-refractivity contribution is 0.670. The van der Waals surface area contributed by atoms with Crippen LogP contribution in [0.1, 0.15) is 19.3 Å². The highest BCUT2D eigenvalue weighted by molar-refractivity contribution is 7.98. The van der Waals surface area contributed by atoms with E-state index in [2.05, 4.69) is 11.6 Å². The molecule has 1 nitrogen and oxygen atoms in total. The van der Waals surface area contributed by atoms with Crippen LogP contribution in [0.2, 0.25) is 0 Å². The average molecular weight is 147 g/mol. The predicted octanol–water partition coefficient (Wildman–Crippen LogP) is 1.74. The van der Waals surface area contributed by atoms with Gasteiger partial charge in [-0.05, 0) is 38.4 Å². The Morgan fingerprint density at radius 2 is 2.00 bits per heavy atom. The second-order valence-electron chi connectivity index (χ2n) is 2.16. The van der Waals surface area contributed by atoms with Gasteiger partial charge in [-0.1, -0.05) is 6.42 Å². The molecule has 0 saturated heterocycles. The standard InChI is InChI=1S/C7H17NS/c1-8-6-4-3-5-7-9-2/h8H,3-7H2,1-2H3. The van der Waals surface area contributed by atoms with Crippen LogP contribution in [0.15, 0.2) is 0 Å². The van der Waals surface area contributed by atoms with Gasteiger partial charge in [-0.15, -0.1) is 0 Å². The molecule has 0 heterocycles. The highest BCUT2D eigenvalue weighted by Crippen LogP contribution is 2.00. The molecule has 0 aliphatic rings. The van der Waals surface area contributed by atoms with Gasteiger partial charge in [-0.2, -0.15) is 11.8 Å². The van der Waals surface area contributed by atoms with Crippen molar-refractivity contribution in [3.05, 3.63) is 0 Å². The first-order chi connectivity index (χ1) is 4.41. The van der Waals surface area contributed by atoms with Crippen LogP contribution in [-0.2, 0) is 0 Å². The van der Waals surface area contributed by atoms with E-state index >= 15 is 0 Å². The molecule has 0 fully saturated rings. The van der Waals surface area contributed by atoms with Gasteiger partial charge in [0.25, 0.3) is 0 Å². The van der Waals surface area contributed by atoms with Gasteiger partial charge >= 0.3 is 0 Å². The maximum absolute atomic E-state index is 3.14. The topological polar surface area (TPSA) is 12.0 Å². The molecule has 0 radical (unpaired) electrons. The van der Waals surface area contributed by atoms with Gasteiger partial charge in [-0.3, -0.25) is 0 Å². The van der Waals surface area contributed by atoms with E-state index in [4.69, 9.17) is 0 Å². The Kier molecular flexibility index (Phi) is 8.60. The molecule has 0 atom stereocenters. The molecular weight excluding hydrogens is 130 g/mol. The summed E-state index contributed by atoms with van der Waals surface area (Å²) in [5, 5.41) is 3.14. The molecule has 0 aliphatic heterocycles. The largest absolute Gasteiger partial charge is 0.320 e. The summed E-state index contributed by atoms with van der Waals surface area (Å²) in [6, 6.07) is 0. The van der Waals surface area contributed by atoms with Crippen LogP contribution in [-0.4, -0.2) is 25.6 Å². The third-order valence-electron chi connectivity index (χ3n) is 1.28. The van der Waals surface area contributed by atoms with Crippen molar-refractivity contribution in [3.8, 4) is 0 Å². The molecule has 0 spiro atoms. The summed E-state index contributed by atoms with van der Waals surface area (Å²) in [6.45, 7) is 1.17. The highest BCUT2D eigenvalue weighted by atomic mass is 32.2. The minimum Gasteiger partial charge on any atom is -0.320 e. The molecule has 0 unspecified atom stereocenters. The molecule has 0 aromatic heterocycles. The summed E-state index contributed by atoms with van der Waals surface area (Å²) in [5.74, 6) is 1.32. The fourth-order valence-corrected chi connectivity index (χ4v) is 1.22. The second-order valence-corrected chi connectivity index (χ2v) is 3.14. The summed E-state index contributed by atoms with van der Waals surface area (Å²) >= 11 is 1.94. The van der Waals surface area contributed by atoms with Crippen molar-refractivity contribution < 1.29 is 0 Å². The van der Waals surface area contributed by atoms with E-state index < -0.39 is 0 Å². The van der Waals surface area contributed by atoms with Crippen molar-refractivity contribution in [1.29, 1.82) is 0 Å². The molecule has 1 N–H and O–H groups in total. The zero-order valence-corrected chi connectivity index (χ0v) is 7.26. The zero-order valence-electron chi connectivity index (χ0n) is 6.44. The molecular formula is C7H17NS. The lowest BCUT2D eigenvalue weighted by Crippen LogP contribution is -2.06. The molecule has 56 valence electrons. The van der Waals surface area contributed by atoms with Crippen LogP contribution in [0.4, 0.5) is 0 Å². The second kappa shape index (κ2) is 8.31. The third-order valence-corrected chi connectivity index (χ3v) is 1.97. The van der Waals surface area contributed by atoms with Crippen LogP contribution in [0.25, 0.3) is 0 Å². The fourth-order valence-electron chi connectivity index (χ4n) is 0.725. The fraction of sp³-hybridized carbons (Fsp3) is 1.00. The van der Waals surface area contributed by atoms with Gasteiger partial charge in [-0.25, -0.2) is 0 Å². The molecule has 0 amide bonds. The first-order valence-corrected chi connectivity index (χ1v) is 4.94. The van der Waals surface area contributed by atoms with Crippen LogP contribution in [0, 0.1) is 0 Å². The van der Waals surface area contributed by atoms with Gasteiger partial charge in [0, 0.05) is 0 Å². The van der Waals surface area contributed by atoms with Crippen LogP contribution < -0.4 is 5.32 Å². The first kappa shape index (κ1) is 9.31. The number of hydrogen-bond acceptors (Lipinski definition) is 2. The minimum absolute atomic E-state index is 1.17. The lowest BCUT2D eigenvalue weighted by Gasteiger charge is -1.97. The Morgan fingerprint density at radius 1 is 1.22 bits per heavy atom. The van der Waals surface area contributed by atoms with Crippen LogP contribution in [0.5, 0.6) is 0 Å². The molecule has 0 aromatic rings. The summed E-state index contributed by atoms with van der Waals surface area (Å²) in [5.41, 5.74) is 0. The molecule has 0 saturated carbocycles. The zero-order chi connectivity index (χ0) is 6.95. The van der Waals surface area contributed by atoms with E-state index in [9.17, 15) is 0 Å². The van der Waals surface area contributed by atoms with Crippen molar-refractivity contribution in [2.75, 3.05) is 25.6 Å². The van der Waals surface area contributed by atoms with Gasteiger partial charge < -0.3 is 5.32 Å². The first-order valence-electron chi connectivity index (χ1n) is 3.55. The van der Waals surface area contributed by atoms with Crippen LogP contribution >= 0.6 is 11.8 Å². The number of rotatable bonds is 6. The summed E-state index contributed by atoms with van der Waals surface area (Å²) in [7, 11) is 2.01. The van der Waals surface area contributed by atoms with Crippen molar-refractivity contribution in [1.82, 2.24) is 5.32 Å². The SMILES string of the molecule is CNCCCCCSC. The summed E-state index contributed by atoms with van der Waals surface area (Å²) in [4.78, 5) is 0. The molecule has 0 aliphatic carbocycles. The highest BCUT2D eigenvalue weighted by Gasteiger charge is 1.85. The van der Waals surface area contributed by atoms with Gasteiger partial charge in [0.2, 0.25) is 0 Å². The molecule has 9 heavy (non-hydrogen) atoms. The van der Waals surface area contributed by atoms with Crippen LogP contribution in [0.3, 0.4) is 0 Å². The Hall–Kier alpha value is 0.310. The molecule has 0 aromatic carbocycles. The van der Waals surface area contributed by atoms with E-state index in [-0.39, 0.29) is 0 Å². The van der Waals surface area contributed by atoms with E-state index in [1.807, 2.05) is 18.8 Å². The van der Waals surface area contributed by atoms with Crippen molar-refractivity contribution in [3.63, 3.8) is 0 Å². The maximum atomic E-state index is 3.14. The van der Waals surface area contributed by atoms with Crippen molar-refractivity contribution >= 4 is 11.8 Å². The predicted molar refractivity (Wildman–Crippen MR) is 46.2 cm³/mol. The Labute approximate surface area is 62.6 Å². The number of thioether (sulfide) groups is 1. The van der Waals surface area contributed by atoms with Gasteiger partial charge in [0.05, 0.1) is 0 Å². The molecule has 2 heteroatoms. The minimum atomic E-state index is 1.17. The average Bonchev–Trinajstić information content (AvgIpc) is 1.89. The summed E-state index contributed by atoms with van der Waals surface area (Å²) < 4.78 is 0. The van der Waals surface area contributed by atoms with E-state index in [1.165, 1.54) is 31.6 Å². The van der Waals surface area contributed by atoms with Crippen molar-refractivity contribution in [2.45, 2.75) is 19.3 Å². The number of unbranched alkanes of at least 4 members (excludes halogenated alkanes) is 2. The molecule has 0 bridgehead atoms. The van der Waals surface area contributed by atoms with E-state index in [0.717, 1.165) is 0 Å². The van der Waals surface area contributed by atoms with Gasteiger partial charge in [0.1, 0.15) is 0 Å². The smallest absolute Gasteiger partial charge is 0.00519 e.